The summed E-state index contributed by atoms with van der Waals surface area (Å²) in [4.78, 5) is 26.3. The van der Waals surface area contributed by atoms with Gasteiger partial charge in [-0.3, -0.25) is 14.5 Å². The number of likely N-dealkylation sites (tertiary alicyclic amines) is 1. The zero-order valence-electron chi connectivity index (χ0n) is 13.8. The fourth-order valence-electron chi connectivity index (χ4n) is 3.97. The van der Waals surface area contributed by atoms with E-state index < -0.39 is 17.4 Å². The molecule has 25 heavy (non-hydrogen) atoms. The lowest BCUT2D eigenvalue weighted by Gasteiger charge is -2.26. The Balaban J connectivity index is 0.00000225. The first-order valence-electron chi connectivity index (χ1n) is 8.07. The normalized spacial score (nSPS) is 26.6. The number of anilines is 1. The number of hydrogen-bond donors (Lipinski definition) is 2. The molecule has 3 atom stereocenters. The fraction of sp³-hybridized carbons (Fsp3) is 0.529. The third-order valence-electron chi connectivity index (χ3n) is 5.44. The van der Waals surface area contributed by atoms with Crippen molar-refractivity contribution in [1.29, 1.82) is 0 Å². The van der Waals surface area contributed by atoms with Crippen LogP contribution >= 0.6 is 35.6 Å². The number of carboxylic acid groups (broad SMARTS) is 1. The zero-order valence-corrected chi connectivity index (χ0v) is 16.1. The van der Waals surface area contributed by atoms with Crippen molar-refractivity contribution in [2.75, 3.05) is 18.4 Å². The van der Waals surface area contributed by atoms with Crippen molar-refractivity contribution in [1.82, 2.24) is 4.90 Å². The fourth-order valence-corrected chi connectivity index (χ4v) is 4.42. The Kier molecular flexibility index (Phi) is 6.26. The highest BCUT2D eigenvalue weighted by molar-refractivity contribution is 6.36. The number of nitrogens with one attached hydrogen (secondary N) is 1. The molecular weight excluding hydrogens is 387 g/mol. The van der Waals surface area contributed by atoms with E-state index in [1.54, 1.807) is 25.1 Å². The van der Waals surface area contributed by atoms with E-state index in [1.165, 1.54) is 0 Å². The molecule has 3 rings (SSSR count). The molecule has 1 heterocycles. The van der Waals surface area contributed by atoms with Gasteiger partial charge >= 0.3 is 5.97 Å². The average molecular weight is 408 g/mol. The van der Waals surface area contributed by atoms with E-state index >= 15 is 0 Å². The summed E-state index contributed by atoms with van der Waals surface area (Å²) in [5.74, 6) is -0.801. The van der Waals surface area contributed by atoms with E-state index in [0.717, 1.165) is 12.8 Å². The standard InChI is InChI=1S/C17H20Cl2N2O3.ClH/c1-10(15(22)20-14-5-4-12(18)7-13(14)19)21-8-11-3-2-6-17(11,9-21)16(23)24;/h4-5,7,10-11H,2-3,6,8-9H2,1H3,(H,20,22)(H,23,24);1H/t10?,11-,17+;/m0./s1. The molecule has 1 unspecified atom stereocenters. The monoisotopic (exact) mass is 406 g/mol. The maximum absolute atomic E-state index is 12.5. The van der Waals surface area contributed by atoms with E-state index in [1.807, 2.05) is 4.90 Å². The summed E-state index contributed by atoms with van der Waals surface area (Å²) in [6, 6.07) is 4.47. The van der Waals surface area contributed by atoms with Gasteiger partial charge in [0.1, 0.15) is 0 Å². The summed E-state index contributed by atoms with van der Waals surface area (Å²) >= 11 is 11.9. The summed E-state index contributed by atoms with van der Waals surface area (Å²) in [6.45, 7) is 2.88. The number of aliphatic carboxylic acids is 1. The number of halogens is 3. The molecule has 1 aromatic rings. The van der Waals surface area contributed by atoms with Gasteiger partial charge in [-0.05, 0) is 43.9 Å². The molecular formula is C17H21Cl3N2O3. The van der Waals surface area contributed by atoms with Crippen LogP contribution in [0.25, 0.3) is 0 Å². The maximum Gasteiger partial charge on any atom is 0.311 e. The summed E-state index contributed by atoms with van der Waals surface area (Å²) in [7, 11) is 0. The third-order valence-corrected chi connectivity index (χ3v) is 5.99. The molecule has 1 aromatic carbocycles. The number of fused-ring (bicyclic) bond motifs is 1. The van der Waals surface area contributed by atoms with Crippen LogP contribution in [-0.4, -0.2) is 41.0 Å². The number of hydrogen-bond acceptors (Lipinski definition) is 3. The Bertz CT molecular complexity index is 685. The van der Waals surface area contributed by atoms with Crippen LogP contribution in [0.4, 0.5) is 5.69 Å². The molecule has 1 saturated heterocycles. The van der Waals surface area contributed by atoms with Gasteiger partial charge in [0, 0.05) is 18.1 Å². The van der Waals surface area contributed by atoms with Gasteiger partial charge in [0.2, 0.25) is 5.91 Å². The number of carbonyl (C=O) groups excluding carboxylic acids is 1. The lowest BCUT2D eigenvalue weighted by atomic mass is 9.81. The van der Waals surface area contributed by atoms with Gasteiger partial charge in [-0.25, -0.2) is 0 Å². The van der Waals surface area contributed by atoms with Gasteiger partial charge in [-0.2, -0.15) is 0 Å². The van der Waals surface area contributed by atoms with Gasteiger partial charge < -0.3 is 10.4 Å². The van der Waals surface area contributed by atoms with Crippen molar-refractivity contribution >= 4 is 53.2 Å². The summed E-state index contributed by atoms with van der Waals surface area (Å²) in [5.41, 5.74) is -0.183. The molecule has 0 radical (unpaired) electrons. The van der Waals surface area contributed by atoms with Gasteiger partial charge in [-0.15, -0.1) is 12.4 Å². The smallest absolute Gasteiger partial charge is 0.311 e. The summed E-state index contributed by atoms with van der Waals surface area (Å²) in [5, 5.41) is 13.3. The lowest BCUT2D eigenvalue weighted by molar-refractivity contribution is -0.149. The Morgan fingerprint density at radius 3 is 2.72 bits per heavy atom. The van der Waals surface area contributed by atoms with Gasteiger partial charge in [-0.1, -0.05) is 29.6 Å². The molecule has 1 aliphatic carbocycles. The number of amides is 1. The van der Waals surface area contributed by atoms with Crippen molar-refractivity contribution in [3.63, 3.8) is 0 Å². The maximum atomic E-state index is 12.5. The Hall–Kier alpha value is -1.01. The lowest BCUT2D eigenvalue weighted by Crippen LogP contribution is -2.43. The average Bonchev–Trinajstić information content (AvgIpc) is 3.07. The minimum Gasteiger partial charge on any atom is -0.481 e. The molecule has 0 bridgehead atoms. The van der Waals surface area contributed by atoms with E-state index in [9.17, 15) is 14.7 Å². The van der Waals surface area contributed by atoms with Crippen molar-refractivity contribution in [2.45, 2.75) is 32.2 Å². The van der Waals surface area contributed by atoms with Gasteiger partial charge in [0.25, 0.3) is 0 Å². The van der Waals surface area contributed by atoms with Crippen molar-refractivity contribution < 1.29 is 14.7 Å². The van der Waals surface area contributed by atoms with Crippen molar-refractivity contribution in [3.8, 4) is 0 Å². The van der Waals surface area contributed by atoms with Crippen molar-refractivity contribution in [3.05, 3.63) is 28.2 Å². The first-order valence-corrected chi connectivity index (χ1v) is 8.82. The van der Waals surface area contributed by atoms with Crippen LogP contribution in [0.1, 0.15) is 26.2 Å². The van der Waals surface area contributed by atoms with Crippen LogP contribution in [0.5, 0.6) is 0 Å². The molecule has 2 N–H and O–H groups in total. The minimum atomic E-state index is -0.735. The van der Waals surface area contributed by atoms with Crippen molar-refractivity contribution in [2.24, 2.45) is 11.3 Å². The number of carbonyl (C=O) groups is 2. The number of benzene rings is 1. The molecule has 2 fully saturated rings. The predicted octanol–water partition coefficient (Wildman–Crippen LogP) is 3.93. The van der Waals surface area contributed by atoms with Crippen LogP contribution in [0.2, 0.25) is 10.0 Å². The first kappa shape index (κ1) is 20.3. The van der Waals surface area contributed by atoms with Crippen LogP contribution in [0.3, 0.4) is 0 Å². The van der Waals surface area contributed by atoms with E-state index in [-0.39, 0.29) is 24.2 Å². The van der Waals surface area contributed by atoms with Gasteiger partial charge in [0.15, 0.2) is 0 Å². The number of carboxylic acids is 1. The molecule has 0 aromatic heterocycles. The Labute approximate surface area is 163 Å². The first-order chi connectivity index (χ1) is 11.3. The molecule has 1 amide bonds. The zero-order chi connectivity index (χ0) is 17.5. The van der Waals surface area contributed by atoms with Crippen LogP contribution in [-0.2, 0) is 9.59 Å². The minimum absolute atomic E-state index is 0. The molecule has 5 nitrogen and oxygen atoms in total. The van der Waals surface area contributed by atoms with E-state index in [4.69, 9.17) is 23.2 Å². The van der Waals surface area contributed by atoms with E-state index in [2.05, 4.69) is 5.32 Å². The molecule has 8 heteroatoms. The highest BCUT2D eigenvalue weighted by Gasteiger charge is 2.55. The Morgan fingerprint density at radius 1 is 1.40 bits per heavy atom. The summed E-state index contributed by atoms with van der Waals surface area (Å²) < 4.78 is 0. The summed E-state index contributed by atoms with van der Waals surface area (Å²) in [6.07, 6.45) is 2.56. The second-order valence-corrected chi connectivity index (χ2v) is 7.61. The van der Waals surface area contributed by atoms with Gasteiger partial charge in [0.05, 0.1) is 22.2 Å². The largest absolute Gasteiger partial charge is 0.481 e. The molecule has 0 spiro atoms. The second-order valence-electron chi connectivity index (χ2n) is 6.77. The second kappa shape index (κ2) is 7.70. The topological polar surface area (TPSA) is 69.6 Å². The van der Waals surface area contributed by atoms with Crippen LogP contribution in [0.15, 0.2) is 18.2 Å². The Morgan fingerprint density at radius 2 is 2.12 bits per heavy atom. The quantitative estimate of drug-likeness (QED) is 0.793. The molecule has 138 valence electrons. The highest BCUT2D eigenvalue weighted by Crippen LogP contribution is 2.49. The van der Waals surface area contributed by atoms with Crippen LogP contribution in [0, 0.1) is 11.3 Å². The predicted molar refractivity (Wildman–Crippen MR) is 101 cm³/mol. The molecule has 2 aliphatic rings. The number of nitrogens with zero attached hydrogens (tertiary/aromatic N) is 1. The SMILES string of the molecule is CC(C(=O)Nc1ccc(Cl)cc1Cl)N1C[C@@H]2CCC[C@@]2(C(=O)O)C1.Cl. The number of rotatable bonds is 4. The van der Waals surface area contributed by atoms with Crippen LogP contribution < -0.4 is 5.32 Å². The highest BCUT2D eigenvalue weighted by atomic mass is 35.5. The third kappa shape index (κ3) is 3.75. The van der Waals surface area contributed by atoms with E-state index in [0.29, 0.717) is 35.2 Å². The molecule has 1 aliphatic heterocycles. The molecule has 1 saturated carbocycles.